The van der Waals surface area contributed by atoms with E-state index in [1.54, 1.807) is 4.90 Å². The summed E-state index contributed by atoms with van der Waals surface area (Å²) in [7, 11) is 0. The summed E-state index contributed by atoms with van der Waals surface area (Å²) in [6, 6.07) is 5.94. The fraction of sp³-hybridized carbons (Fsp3) is 0.529. The van der Waals surface area contributed by atoms with Crippen molar-refractivity contribution in [2.75, 3.05) is 6.54 Å². The van der Waals surface area contributed by atoms with E-state index < -0.39 is 5.97 Å². The summed E-state index contributed by atoms with van der Waals surface area (Å²) in [5.41, 5.74) is 3.23. The standard InChI is InChI=1S/C17H21NO3/c19-16(20)11-18(15-6-1-2-7-15)17(21)14-9-8-12-4-3-5-13(12)10-14/h8-10,15H,1-7,11H2,(H,19,20). The number of carboxylic acids is 1. The summed E-state index contributed by atoms with van der Waals surface area (Å²) < 4.78 is 0. The lowest BCUT2D eigenvalue weighted by atomic mass is 10.0. The van der Waals surface area contributed by atoms with Gasteiger partial charge in [-0.05, 0) is 55.4 Å². The molecule has 2 aliphatic carbocycles. The number of rotatable bonds is 4. The summed E-state index contributed by atoms with van der Waals surface area (Å²) >= 11 is 0. The lowest BCUT2D eigenvalue weighted by molar-refractivity contribution is -0.138. The van der Waals surface area contributed by atoms with Crippen LogP contribution in [0.2, 0.25) is 0 Å². The molecule has 0 unspecified atom stereocenters. The van der Waals surface area contributed by atoms with Crippen LogP contribution >= 0.6 is 0 Å². The number of hydrogen-bond donors (Lipinski definition) is 1. The van der Waals surface area contributed by atoms with Crippen molar-refractivity contribution in [2.24, 2.45) is 0 Å². The highest BCUT2D eigenvalue weighted by atomic mass is 16.4. The molecule has 3 rings (SSSR count). The molecular formula is C17H21NO3. The van der Waals surface area contributed by atoms with E-state index in [0.717, 1.165) is 44.9 Å². The Labute approximate surface area is 124 Å². The Morgan fingerprint density at radius 3 is 2.52 bits per heavy atom. The van der Waals surface area contributed by atoms with Crippen LogP contribution in [0.25, 0.3) is 0 Å². The minimum Gasteiger partial charge on any atom is -0.480 e. The van der Waals surface area contributed by atoms with Gasteiger partial charge in [-0.1, -0.05) is 18.9 Å². The van der Waals surface area contributed by atoms with E-state index in [-0.39, 0.29) is 18.5 Å². The Hall–Kier alpha value is -1.84. The molecule has 1 amide bonds. The highest BCUT2D eigenvalue weighted by Crippen LogP contribution is 2.27. The van der Waals surface area contributed by atoms with E-state index in [2.05, 4.69) is 0 Å². The van der Waals surface area contributed by atoms with E-state index in [1.165, 1.54) is 11.1 Å². The number of carbonyl (C=O) groups is 2. The Morgan fingerprint density at radius 2 is 1.81 bits per heavy atom. The van der Waals surface area contributed by atoms with E-state index >= 15 is 0 Å². The van der Waals surface area contributed by atoms with Crippen LogP contribution in [0.1, 0.15) is 53.6 Å². The van der Waals surface area contributed by atoms with Crippen molar-refractivity contribution in [3.8, 4) is 0 Å². The number of nitrogens with zero attached hydrogens (tertiary/aromatic N) is 1. The fourth-order valence-corrected chi connectivity index (χ4v) is 3.60. The average Bonchev–Trinajstić information content (AvgIpc) is 3.13. The summed E-state index contributed by atoms with van der Waals surface area (Å²) in [6.45, 7) is -0.194. The number of carboxylic acid groups (broad SMARTS) is 1. The number of carbonyl (C=O) groups excluding carboxylic acids is 1. The second kappa shape index (κ2) is 5.88. The number of aryl methyl sites for hydroxylation is 2. The molecule has 0 spiro atoms. The van der Waals surface area contributed by atoms with Gasteiger partial charge in [-0.25, -0.2) is 0 Å². The van der Waals surface area contributed by atoms with Crippen LogP contribution in [0, 0.1) is 0 Å². The smallest absolute Gasteiger partial charge is 0.323 e. The van der Waals surface area contributed by atoms with Crippen molar-refractivity contribution in [1.82, 2.24) is 4.90 Å². The molecule has 112 valence electrons. The largest absolute Gasteiger partial charge is 0.480 e. The molecular weight excluding hydrogens is 266 g/mol. The van der Waals surface area contributed by atoms with Crippen molar-refractivity contribution in [1.29, 1.82) is 0 Å². The third-order valence-corrected chi connectivity index (χ3v) is 4.68. The monoisotopic (exact) mass is 287 g/mol. The van der Waals surface area contributed by atoms with Crippen LogP contribution in [0.5, 0.6) is 0 Å². The maximum atomic E-state index is 12.7. The van der Waals surface area contributed by atoms with Gasteiger partial charge in [-0.2, -0.15) is 0 Å². The minimum absolute atomic E-state index is 0.0851. The fourth-order valence-electron chi connectivity index (χ4n) is 3.60. The Balaban J connectivity index is 1.84. The van der Waals surface area contributed by atoms with Gasteiger partial charge in [-0.15, -0.1) is 0 Å². The van der Waals surface area contributed by atoms with E-state index in [1.807, 2.05) is 18.2 Å². The Bertz CT molecular complexity index is 561. The summed E-state index contributed by atoms with van der Waals surface area (Å²) in [4.78, 5) is 25.4. The number of fused-ring (bicyclic) bond motifs is 1. The Kier molecular flexibility index (Phi) is 3.95. The first-order valence-corrected chi connectivity index (χ1v) is 7.80. The quantitative estimate of drug-likeness (QED) is 0.926. The predicted molar refractivity (Wildman–Crippen MR) is 79.4 cm³/mol. The molecule has 0 bridgehead atoms. The number of aliphatic carboxylic acids is 1. The third kappa shape index (κ3) is 2.94. The highest BCUT2D eigenvalue weighted by Gasteiger charge is 2.29. The van der Waals surface area contributed by atoms with Crippen molar-refractivity contribution in [3.63, 3.8) is 0 Å². The van der Waals surface area contributed by atoms with Crippen LogP contribution in [0.15, 0.2) is 18.2 Å². The molecule has 4 heteroatoms. The molecule has 0 heterocycles. The molecule has 0 radical (unpaired) electrons. The van der Waals surface area contributed by atoms with Crippen LogP contribution in [0.3, 0.4) is 0 Å². The van der Waals surface area contributed by atoms with Crippen molar-refractivity contribution in [2.45, 2.75) is 51.0 Å². The van der Waals surface area contributed by atoms with Crippen LogP contribution in [-0.2, 0) is 17.6 Å². The molecule has 0 aromatic heterocycles. The van der Waals surface area contributed by atoms with Crippen LogP contribution < -0.4 is 0 Å². The van der Waals surface area contributed by atoms with Gasteiger partial charge in [0.2, 0.25) is 0 Å². The second-order valence-electron chi connectivity index (χ2n) is 6.10. The van der Waals surface area contributed by atoms with Crippen molar-refractivity contribution < 1.29 is 14.7 Å². The highest BCUT2D eigenvalue weighted by molar-refractivity contribution is 5.96. The number of amides is 1. The zero-order valence-electron chi connectivity index (χ0n) is 12.2. The maximum Gasteiger partial charge on any atom is 0.323 e. The lowest BCUT2D eigenvalue weighted by Gasteiger charge is -2.27. The van der Waals surface area contributed by atoms with Crippen molar-refractivity contribution in [3.05, 3.63) is 34.9 Å². The zero-order valence-corrected chi connectivity index (χ0v) is 12.2. The third-order valence-electron chi connectivity index (χ3n) is 4.68. The molecule has 1 aromatic rings. The SMILES string of the molecule is O=C(O)CN(C(=O)c1ccc2c(c1)CCC2)C1CCCC1. The van der Waals surface area contributed by atoms with E-state index in [9.17, 15) is 9.59 Å². The Morgan fingerprint density at radius 1 is 1.10 bits per heavy atom. The topological polar surface area (TPSA) is 57.6 Å². The minimum atomic E-state index is -0.934. The molecule has 2 aliphatic rings. The average molecular weight is 287 g/mol. The van der Waals surface area contributed by atoms with Crippen molar-refractivity contribution >= 4 is 11.9 Å². The molecule has 1 N–H and O–H groups in total. The molecule has 21 heavy (non-hydrogen) atoms. The van der Waals surface area contributed by atoms with Gasteiger partial charge in [0.25, 0.3) is 5.91 Å². The van der Waals surface area contributed by atoms with E-state index in [0.29, 0.717) is 5.56 Å². The maximum absolute atomic E-state index is 12.7. The number of hydrogen-bond acceptors (Lipinski definition) is 2. The molecule has 0 atom stereocenters. The van der Waals surface area contributed by atoms with E-state index in [4.69, 9.17) is 5.11 Å². The second-order valence-corrected chi connectivity index (χ2v) is 6.10. The molecule has 1 saturated carbocycles. The predicted octanol–water partition coefficient (Wildman–Crippen LogP) is 2.64. The molecule has 0 aliphatic heterocycles. The van der Waals surface area contributed by atoms with Gasteiger partial charge in [0, 0.05) is 11.6 Å². The lowest BCUT2D eigenvalue weighted by Crippen LogP contribution is -2.42. The first kappa shape index (κ1) is 14.1. The summed E-state index contributed by atoms with van der Waals surface area (Å²) in [5.74, 6) is -1.06. The molecule has 0 saturated heterocycles. The number of benzene rings is 1. The van der Waals surface area contributed by atoms with Gasteiger partial charge in [0.1, 0.15) is 6.54 Å². The molecule has 1 fully saturated rings. The van der Waals surface area contributed by atoms with Gasteiger partial charge < -0.3 is 10.0 Å². The van der Waals surface area contributed by atoms with Gasteiger partial charge in [-0.3, -0.25) is 9.59 Å². The van der Waals surface area contributed by atoms with Gasteiger partial charge >= 0.3 is 5.97 Å². The normalized spacial score (nSPS) is 17.7. The van der Waals surface area contributed by atoms with Gasteiger partial charge in [0.15, 0.2) is 0 Å². The summed E-state index contributed by atoms with van der Waals surface area (Å²) in [5, 5.41) is 9.10. The zero-order chi connectivity index (χ0) is 14.8. The van der Waals surface area contributed by atoms with Gasteiger partial charge in [0.05, 0.1) is 0 Å². The molecule has 1 aromatic carbocycles. The van der Waals surface area contributed by atoms with Crippen LogP contribution in [0.4, 0.5) is 0 Å². The first-order valence-electron chi connectivity index (χ1n) is 7.80. The first-order chi connectivity index (χ1) is 10.1. The van der Waals surface area contributed by atoms with Crippen LogP contribution in [-0.4, -0.2) is 34.5 Å². The summed E-state index contributed by atoms with van der Waals surface area (Å²) in [6.07, 6.45) is 7.27. The molecule has 4 nitrogen and oxygen atoms in total.